The van der Waals surface area contributed by atoms with Gasteiger partial charge in [-0.2, -0.15) is 0 Å². The van der Waals surface area contributed by atoms with Crippen molar-refractivity contribution >= 4 is 11.8 Å². The summed E-state index contributed by atoms with van der Waals surface area (Å²) in [5.41, 5.74) is 0.324. The van der Waals surface area contributed by atoms with Gasteiger partial charge >= 0.3 is 0 Å². The van der Waals surface area contributed by atoms with E-state index in [1.807, 2.05) is 4.90 Å². The number of carbonyl (C=O) groups is 2. The van der Waals surface area contributed by atoms with Crippen molar-refractivity contribution in [2.45, 2.75) is 39.5 Å². The molecule has 29 heavy (non-hydrogen) atoms. The van der Waals surface area contributed by atoms with Crippen molar-refractivity contribution in [3.05, 3.63) is 24.3 Å². The van der Waals surface area contributed by atoms with Gasteiger partial charge in [0.2, 0.25) is 5.91 Å². The molecular weight excluding hydrogens is 370 g/mol. The van der Waals surface area contributed by atoms with E-state index in [2.05, 4.69) is 28.7 Å². The smallest absolute Gasteiger partial charge is 0.274 e. The predicted molar refractivity (Wildman–Crippen MR) is 112 cm³/mol. The summed E-state index contributed by atoms with van der Waals surface area (Å²) in [6.45, 7) is 11.0. The average molecular weight is 406 g/mol. The summed E-state index contributed by atoms with van der Waals surface area (Å²) in [6, 6.07) is 0. The average Bonchev–Trinajstić information content (AvgIpc) is 2.76. The van der Waals surface area contributed by atoms with Crippen LogP contribution in [-0.2, 0) is 9.53 Å². The summed E-state index contributed by atoms with van der Waals surface area (Å²) in [4.78, 5) is 39.7. The zero-order valence-corrected chi connectivity index (χ0v) is 17.9. The summed E-state index contributed by atoms with van der Waals surface area (Å²) >= 11 is 0. The molecule has 2 rings (SSSR count). The van der Waals surface area contributed by atoms with Crippen LogP contribution in [0.2, 0.25) is 0 Å². The Morgan fingerprint density at radius 2 is 1.76 bits per heavy atom. The van der Waals surface area contributed by atoms with E-state index in [9.17, 15) is 9.59 Å². The number of morpholine rings is 1. The van der Waals surface area contributed by atoms with Gasteiger partial charge < -0.3 is 14.5 Å². The maximum absolute atomic E-state index is 12.9. The van der Waals surface area contributed by atoms with Crippen molar-refractivity contribution in [1.82, 2.24) is 24.7 Å². The standard InChI is InChI=1S/C21H35N5O3/c1-3-9-25(10-4-2)20(27)6-13-26(21(28)19-18-22-7-8-23-19)12-5-11-24-14-16-29-17-15-24/h7-8,18H,3-6,9-17H2,1-2H3. The fourth-order valence-corrected chi connectivity index (χ4v) is 3.49. The fraction of sp³-hybridized carbons (Fsp3) is 0.714. The quantitative estimate of drug-likeness (QED) is 0.526. The van der Waals surface area contributed by atoms with E-state index in [4.69, 9.17) is 4.74 Å². The van der Waals surface area contributed by atoms with Crippen LogP contribution in [0.15, 0.2) is 18.6 Å². The Hall–Kier alpha value is -2.06. The molecule has 0 bridgehead atoms. The number of hydrogen-bond acceptors (Lipinski definition) is 6. The second-order valence-electron chi connectivity index (χ2n) is 7.32. The van der Waals surface area contributed by atoms with Gasteiger partial charge in [-0.3, -0.25) is 19.5 Å². The van der Waals surface area contributed by atoms with Gasteiger partial charge in [0.15, 0.2) is 0 Å². The van der Waals surface area contributed by atoms with E-state index in [0.29, 0.717) is 25.2 Å². The van der Waals surface area contributed by atoms with Gasteiger partial charge in [0.25, 0.3) is 5.91 Å². The molecule has 2 amide bonds. The summed E-state index contributed by atoms with van der Waals surface area (Å²) in [5.74, 6) is -0.0516. The Labute approximate surface area is 174 Å². The van der Waals surface area contributed by atoms with Gasteiger partial charge in [-0.25, -0.2) is 4.98 Å². The molecule has 1 aliphatic rings. The number of carbonyl (C=O) groups excluding carboxylic acids is 2. The second kappa shape index (κ2) is 13.2. The number of amides is 2. The Bertz CT molecular complexity index is 602. The minimum atomic E-state index is -0.162. The largest absolute Gasteiger partial charge is 0.379 e. The number of ether oxygens (including phenoxy) is 1. The highest BCUT2D eigenvalue weighted by Crippen LogP contribution is 2.07. The lowest BCUT2D eigenvalue weighted by molar-refractivity contribution is -0.131. The van der Waals surface area contributed by atoms with Crippen molar-refractivity contribution < 1.29 is 14.3 Å². The summed E-state index contributed by atoms with van der Waals surface area (Å²) in [6.07, 6.45) is 7.63. The molecule has 1 fully saturated rings. The van der Waals surface area contributed by atoms with Crippen LogP contribution in [0.1, 0.15) is 50.0 Å². The van der Waals surface area contributed by atoms with Crippen LogP contribution in [0.3, 0.4) is 0 Å². The SMILES string of the molecule is CCCN(CCC)C(=O)CCN(CCCN1CCOCC1)C(=O)c1cnccn1. The monoisotopic (exact) mass is 405 g/mol. The number of hydrogen-bond donors (Lipinski definition) is 0. The first-order chi connectivity index (χ1) is 14.2. The van der Waals surface area contributed by atoms with Crippen LogP contribution in [0.4, 0.5) is 0 Å². The molecule has 0 aliphatic carbocycles. The molecule has 1 saturated heterocycles. The fourth-order valence-electron chi connectivity index (χ4n) is 3.49. The third kappa shape index (κ3) is 8.06. The third-order valence-electron chi connectivity index (χ3n) is 5.01. The van der Waals surface area contributed by atoms with Crippen molar-refractivity contribution in [3.63, 3.8) is 0 Å². The Morgan fingerprint density at radius 3 is 2.38 bits per heavy atom. The first-order valence-electron chi connectivity index (χ1n) is 10.8. The summed E-state index contributed by atoms with van der Waals surface area (Å²) < 4.78 is 5.39. The van der Waals surface area contributed by atoms with Crippen LogP contribution >= 0.6 is 0 Å². The van der Waals surface area contributed by atoms with Crippen molar-refractivity contribution in [1.29, 1.82) is 0 Å². The van der Waals surface area contributed by atoms with E-state index in [1.54, 1.807) is 11.1 Å². The van der Waals surface area contributed by atoms with Gasteiger partial charge in [0.05, 0.1) is 19.4 Å². The Morgan fingerprint density at radius 1 is 1.03 bits per heavy atom. The molecule has 0 saturated carbocycles. The molecule has 8 heteroatoms. The lowest BCUT2D eigenvalue weighted by Crippen LogP contribution is -2.41. The van der Waals surface area contributed by atoms with Crippen LogP contribution in [0, 0.1) is 0 Å². The van der Waals surface area contributed by atoms with Gasteiger partial charge in [0, 0.05) is 64.6 Å². The molecule has 1 aromatic rings. The van der Waals surface area contributed by atoms with E-state index in [0.717, 1.165) is 65.2 Å². The first kappa shape index (κ1) is 23.2. The highest BCUT2D eigenvalue weighted by molar-refractivity contribution is 5.92. The van der Waals surface area contributed by atoms with Gasteiger partial charge in [-0.05, 0) is 19.3 Å². The molecule has 162 valence electrons. The lowest BCUT2D eigenvalue weighted by atomic mass is 10.2. The molecule has 2 heterocycles. The van der Waals surface area contributed by atoms with E-state index in [-0.39, 0.29) is 11.8 Å². The Balaban J connectivity index is 1.93. The van der Waals surface area contributed by atoms with E-state index >= 15 is 0 Å². The second-order valence-corrected chi connectivity index (χ2v) is 7.32. The molecule has 0 radical (unpaired) electrons. The van der Waals surface area contributed by atoms with Crippen LogP contribution in [0.25, 0.3) is 0 Å². The third-order valence-corrected chi connectivity index (χ3v) is 5.01. The van der Waals surface area contributed by atoms with Crippen molar-refractivity contribution in [3.8, 4) is 0 Å². The Kier molecular flexibility index (Phi) is 10.6. The highest BCUT2D eigenvalue weighted by atomic mass is 16.5. The minimum Gasteiger partial charge on any atom is -0.379 e. The first-order valence-corrected chi connectivity index (χ1v) is 10.8. The number of aromatic nitrogens is 2. The minimum absolute atomic E-state index is 0.110. The molecule has 0 aromatic carbocycles. The molecule has 0 N–H and O–H groups in total. The lowest BCUT2D eigenvalue weighted by Gasteiger charge is -2.29. The topological polar surface area (TPSA) is 78.9 Å². The molecule has 0 spiro atoms. The van der Waals surface area contributed by atoms with Crippen molar-refractivity contribution in [2.24, 2.45) is 0 Å². The van der Waals surface area contributed by atoms with Crippen LogP contribution < -0.4 is 0 Å². The molecule has 1 aliphatic heterocycles. The zero-order valence-electron chi connectivity index (χ0n) is 17.9. The zero-order chi connectivity index (χ0) is 20.9. The van der Waals surface area contributed by atoms with E-state index < -0.39 is 0 Å². The molecular formula is C21H35N5O3. The molecule has 1 aromatic heterocycles. The van der Waals surface area contributed by atoms with E-state index in [1.165, 1.54) is 12.4 Å². The van der Waals surface area contributed by atoms with Crippen LogP contribution in [0.5, 0.6) is 0 Å². The van der Waals surface area contributed by atoms with Crippen LogP contribution in [-0.4, -0.2) is 95.5 Å². The molecule has 0 atom stereocenters. The summed E-state index contributed by atoms with van der Waals surface area (Å²) in [7, 11) is 0. The maximum atomic E-state index is 12.9. The number of rotatable bonds is 12. The van der Waals surface area contributed by atoms with Gasteiger partial charge in [-0.1, -0.05) is 13.8 Å². The maximum Gasteiger partial charge on any atom is 0.274 e. The highest BCUT2D eigenvalue weighted by Gasteiger charge is 2.20. The normalized spacial score (nSPS) is 14.6. The predicted octanol–water partition coefficient (Wildman–Crippen LogP) is 1.68. The van der Waals surface area contributed by atoms with Gasteiger partial charge in [-0.15, -0.1) is 0 Å². The van der Waals surface area contributed by atoms with Crippen molar-refractivity contribution in [2.75, 3.05) is 59.0 Å². The molecule has 0 unspecified atom stereocenters. The summed E-state index contributed by atoms with van der Waals surface area (Å²) in [5, 5.41) is 0. The van der Waals surface area contributed by atoms with Gasteiger partial charge in [0.1, 0.15) is 5.69 Å². The number of nitrogens with zero attached hydrogens (tertiary/aromatic N) is 5. The molecule has 8 nitrogen and oxygen atoms in total.